The second kappa shape index (κ2) is 10.7. The fourth-order valence-electron chi connectivity index (χ4n) is 6.68. The van der Waals surface area contributed by atoms with E-state index in [9.17, 15) is 9.90 Å². The number of Topliss-reactive ketones (excluding diaryl/α,β-unsaturated/α-hetero) is 1. The van der Waals surface area contributed by atoms with Crippen molar-refractivity contribution >= 4 is 28.9 Å². The first-order valence-electron chi connectivity index (χ1n) is 14.1. The van der Waals surface area contributed by atoms with E-state index in [1.807, 2.05) is 0 Å². The largest absolute Gasteiger partial charge is 0.504 e. The normalized spacial score (nSPS) is 30.1. The summed E-state index contributed by atoms with van der Waals surface area (Å²) < 4.78 is 0. The highest BCUT2D eigenvalue weighted by molar-refractivity contribution is 6.18. The Morgan fingerprint density at radius 3 is 2.43 bits per heavy atom. The highest BCUT2D eigenvalue weighted by Crippen LogP contribution is 2.46. The molecule has 9 nitrogen and oxygen atoms in total. The van der Waals surface area contributed by atoms with Crippen LogP contribution in [0.4, 0.5) is 11.6 Å². The van der Waals surface area contributed by atoms with Crippen molar-refractivity contribution in [2.24, 2.45) is 5.41 Å². The van der Waals surface area contributed by atoms with Crippen molar-refractivity contribution in [3.05, 3.63) is 17.5 Å². The van der Waals surface area contributed by atoms with Crippen molar-refractivity contribution < 1.29 is 9.90 Å². The van der Waals surface area contributed by atoms with Gasteiger partial charge in [0.05, 0.1) is 11.1 Å². The second-order valence-corrected chi connectivity index (χ2v) is 11.6. The minimum absolute atomic E-state index is 0.0146. The molecule has 2 aliphatic carbocycles. The zero-order chi connectivity index (χ0) is 26.2. The number of carbonyl (C=O) groups is 1. The lowest BCUT2D eigenvalue weighted by atomic mass is 9.62. The van der Waals surface area contributed by atoms with Gasteiger partial charge in [-0.3, -0.25) is 4.79 Å². The number of piperazine rings is 1. The van der Waals surface area contributed by atoms with E-state index in [4.69, 9.17) is 15.4 Å². The molecule has 9 heteroatoms. The van der Waals surface area contributed by atoms with Crippen molar-refractivity contribution in [3.8, 4) is 0 Å². The maximum Gasteiger partial charge on any atom is 0.199 e. The van der Waals surface area contributed by atoms with Gasteiger partial charge in [0.2, 0.25) is 0 Å². The first-order valence-corrected chi connectivity index (χ1v) is 14.1. The average molecular weight is 510 g/mol. The number of hydrogen-bond acceptors (Lipinski definition) is 9. The average Bonchev–Trinajstić information content (AvgIpc) is 3.06. The molecule has 4 fully saturated rings. The van der Waals surface area contributed by atoms with Crippen LogP contribution in [0.15, 0.2) is 11.6 Å². The van der Waals surface area contributed by atoms with E-state index >= 15 is 0 Å². The molecule has 4 aliphatic rings. The number of aliphatic hydroxyl groups is 1. The predicted octanol–water partition coefficient (Wildman–Crippen LogP) is 3.36. The van der Waals surface area contributed by atoms with Crippen molar-refractivity contribution in [2.75, 3.05) is 69.7 Å². The van der Waals surface area contributed by atoms with Gasteiger partial charge in [-0.1, -0.05) is 6.42 Å². The van der Waals surface area contributed by atoms with Crippen molar-refractivity contribution in [3.63, 3.8) is 0 Å². The molecule has 1 aromatic rings. The van der Waals surface area contributed by atoms with Crippen LogP contribution in [0, 0.1) is 10.8 Å². The summed E-state index contributed by atoms with van der Waals surface area (Å²) in [4.78, 5) is 32.1. The molecule has 0 aromatic carbocycles. The number of nitrogens with one attached hydrogen (secondary N) is 1. The lowest BCUT2D eigenvalue weighted by Crippen LogP contribution is -2.45. The molecular formula is C28H43N7O2. The van der Waals surface area contributed by atoms with Gasteiger partial charge in [-0.25, -0.2) is 9.97 Å². The molecule has 3 heterocycles. The third kappa shape index (κ3) is 5.12. The zero-order valence-electron chi connectivity index (χ0n) is 22.8. The molecule has 2 aliphatic heterocycles. The number of aromatic nitrogens is 2. The van der Waals surface area contributed by atoms with Gasteiger partial charge in [0.25, 0.3) is 0 Å². The smallest absolute Gasteiger partial charge is 0.199 e. The van der Waals surface area contributed by atoms with Gasteiger partial charge >= 0.3 is 0 Å². The highest BCUT2D eigenvalue weighted by atomic mass is 16.3. The Kier molecular flexibility index (Phi) is 7.54. The zero-order valence-corrected chi connectivity index (χ0v) is 22.8. The number of rotatable bonds is 3. The Hall–Kier alpha value is -2.52. The minimum atomic E-state index is -0.735. The van der Waals surface area contributed by atoms with Gasteiger partial charge in [-0.05, 0) is 66.1 Å². The molecule has 1 aromatic heterocycles. The molecule has 1 spiro atoms. The summed E-state index contributed by atoms with van der Waals surface area (Å²) in [6.45, 7) is 8.79. The molecule has 2 N–H and O–H groups in total. The summed E-state index contributed by atoms with van der Waals surface area (Å²) in [5.74, 6) is 2.11. The summed E-state index contributed by atoms with van der Waals surface area (Å²) in [7, 11) is 4.30. The van der Waals surface area contributed by atoms with Gasteiger partial charge < -0.3 is 30.1 Å². The summed E-state index contributed by atoms with van der Waals surface area (Å²) in [6, 6.07) is 2.36. The fourth-order valence-corrected chi connectivity index (χ4v) is 6.68. The standard InChI is InChI=1S/C28H43N7O2/c1-20-19-33(3)12-7-13-35(20)24-18-23(34-16-14-32(2)15-17-34)30-27(31-24)25(37)21-8-6-11-28(26(21)29)10-5-4-9-22(28)36/h18,20,29,37H,4-17,19H2,1-3H3/b25-21-,29-26?/t20-,28+/m0/s1. The maximum atomic E-state index is 13.0. The van der Waals surface area contributed by atoms with Gasteiger partial charge in [-0.15, -0.1) is 0 Å². The number of hydrogen-bond donors (Lipinski definition) is 2. The quantitative estimate of drug-likeness (QED) is 0.599. The molecule has 5 rings (SSSR count). The topological polar surface area (TPSA) is 99.9 Å². The first-order chi connectivity index (χ1) is 17.8. The molecule has 0 amide bonds. The number of aliphatic hydroxyl groups excluding tert-OH is 1. The number of anilines is 2. The Balaban J connectivity index is 1.55. The summed E-state index contributed by atoms with van der Waals surface area (Å²) >= 11 is 0. The molecule has 0 radical (unpaired) electrons. The van der Waals surface area contributed by atoms with E-state index in [-0.39, 0.29) is 23.4 Å². The Bertz CT molecular complexity index is 1060. The lowest BCUT2D eigenvalue weighted by molar-refractivity contribution is -0.128. The number of carbonyl (C=O) groups excluding carboxylic acids is 1. The van der Waals surface area contributed by atoms with E-state index < -0.39 is 5.41 Å². The van der Waals surface area contributed by atoms with E-state index in [1.54, 1.807) is 0 Å². The maximum absolute atomic E-state index is 13.0. The number of likely N-dealkylation sites (N-methyl/N-ethyl adjacent to an activating group) is 2. The summed E-state index contributed by atoms with van der Waals surface area (Å²) in [5.41, 5.74) is 0.134. The molecule has 0 bridgehead atoms. The minimum Gasteiger partial charge on any atom is -0.504 e. The molecule has 202 valence electrons. The monoisotopic (exact) mass is 509 g/mol. The second-order valence-electron chi connectivity index (χ2n) is 11.6. The molecule has 37 heavy (non-hydrogen) atoms. The van der Waals surface area contributed by atoms with Crippen LogP contribution in [0.3, 0.4) is 0 Å². The Labute approximate surface area is 221 Å². The molecule has 0 unspecified atom stereocenters. The Morgan fingerprint density at radius 2 is 1.68 bits per heavy atom. The number of ketones is 1. The van der Waals surface area contributed by atoms with Crippen LogP contribution in [0.1, 0.15) is 64.1 Å². The van der Waals surface area contributed by atoms with Crippen molar-refractivity contribution in [2.45, 2.75) is 64.3 Å². The van der Waals surface area contributed by atoms with Crippen LogP contribution < -0.4 is 9.80 Å². The van der Waals surface area contributed by atoms with Gasteiger partial charge in [0.15, 0.2) is 11.6 Å². The van der Waals surface area contributed by atoms with Crippen LogP contribution in [0.5, 0.6) is 0 Å². The summed E-state index contributed by atoms with van der Waals surface area (Å²) in [5, 5.41) is 20.7. The van der Waals surface area contributed by atoms with Crippen LogP contribution >= 0.6 is 0 Å². The SMILES string of the molecule is C[C@H]1CN(C)CCCN1c1cc(N2CCN(C)CC2)nc(/C(O)=C2\CCC[C@@]3(CCCCC3=O)C2=N)n1. The van der Waals surface area contributed by atoms with Crippen LogP contribution in [0.25, 0.3) is 5.76 Å². The molecule has 2 saturated heterocycles. The van der Waals surface area contributed by atoms with Crippen LogP contribution in [-0.2, 0) is 4.79 Å². The van der Waals surface area contributed by atoms with Crippen molar-refractivity contribution in [1.82, 2.24) is 19.8 Å². The third-order valence-electron chi connectivity index (χ3n) is 8.97. The van der Waals surface area contributed by atoms with E-state index in [0.717, 1.165) is 83.1 Å². The van der Waals surface area contributed by atoms with Crippen LogP contribution in [0.2, 0.25) is 0 Å². The summed E-state index contributed by atoms with van der Waals surface area (Å²) in [6.07, 6.45) is 6.27. The Morgan fingerprint density at radius 1 is 0.946 bits per heavy atom. The fraction of sp³-hybridized carbons (Fsp3) is 0.714. The first kappa shape index (κ1) is 26.1. The third-order valence-corrected chi connectivity index (χ3v) is 8.97. The molecule has 2 atom stereocenters. The van der Waals surface area contributed by atoms with Gasteiger partial charge in [0.1, 0.15) is 17.4 Å². The molecule has 2 saturated carbocycles. The number of nitrogens with zero attached hydrogens (tertiary/aromatic N) is 6. The number of allylic oxidation sites excluding steroid dienone is 1. The van der Waals surface area contributed by atoms with E-state index in [1.165, 1.54) is 0 Å². The molecular weight excluding hydrogens is 466 g/mol. The lowest BCUT2D eigenvalue weighted by Gasteiger charge is -2.40. The van der Waals surface area contributed by atoms with Crippen LogP contribution in [-0.4, -0.2) is 102 Å². The highest BCUT2D eigenvalue weighted by Gasteiger charge is 2.47. The van der Waals surface area contributed by atoms with E-state index in [0.29, 0.717) is 37.0 Å². The van der Waals surface area contributed by atoms with Gasteiger partial charge in [0, 0.05) is 63.4 Å². The van der Waals surface area contributed by atoms with Crippen molar-refractivity contribution in [1.29, 1.82) is 5.41 Å². The van der Waals surface area contributed by atoms with Gasteiger partial charge in [-0.2, -0.15) is 0 Å². The van der Waals surface area contributed by atoms with E-state index in [2.05, 4.69) is 46.7 Å². The predicted molar refractivity (Wildman–Crippen MR) is 148 cm³/mol.